The predicted octanol–water partition coefficient (Wildman–Crippen LogP) is 4.65. The van der Waals surface area contributed by atoms with Gasteiger partial charge in [-0.15, -0.1) is 11.3 Å². The topological polar surface area (TPSA) is 64.0 Å². The van der Waals surface area contributed by atoms with Crippen molar-refractivity contribution in [1.29, 1.82) is 0 Å². The Labute approximate surface area is 182 Å². The van der Waals surface area contributed by atoms with E-state index >= 15 is 0 Å². The summed E-state index contributed by atoms with van der Waals surface area (Å²) < 4.78 is 42.7. The van der Waals surface area contributed by atoms with E-state index in [2.05, 4.69) is 10.3 Å². The SMILES string of the molecule is O=C(CSc1nc2ccsc2c(=O)n1Cc1ccccc1F)Nc1ccc(F)cc1F. The third-order valence-electron chi connectivity index (χ3n) is 4.35. The summed E-state index contributed by atoms with van der Waals surface area (Å²) in [5, 5.41) is 4.32. The first-order valence-electron chi connectivity index (χ1n) is 9.01. The van der Waals surface area contributed by atoms with Gasteiger partial charge < -0.3 is 5.32 Å². The largest absolute Gasteiger partial charge is 0.323 e. The standard InChI is InChI=1S/C21H14F3N3O2S2/c22-13-5-6-16(15(24)9-13)25-18(28)11-31-21-26-17-7-8-30-19(17)20(29)27(21)10-12-3-1-2-4-14(12)23/h1-9H,10-11H2,(H,25,28). The summed E-state index contributed by atoms with van der Waals surface area (Å²) >= 11 is 2.20. The second kappa shape index (κ2) is 8.94. The van der Waals surface area contributed by atoms with Crippen molar-refractivity contribution in [2.75, 3.05) is 11.1 Å². The van der Waals surface area contributed by atoms with Gasteiger partial charge in [0.1, 0.15) is 22.2 Å². The molecule has 2 aromatic carbocycles. The van der Waals surface area contributed by atoms with Gasteiger partial charge in [0, 0.05) is 11.6 Å². The van der Waals surface area contributed by atoms with E-state index in [9.17, 15) is 22.8 Å². The number of fused-ring (bicyclic) bond motifs is 1. The molecule has 0 aliphatic carbocycles. The van der Waals surface area contributed by atoms with Gasteiger partial charge in [0.05, 0.1) is 23.5 Å². The van der Waals surface area contributed by atoms with Crippen molar-refractivity contribution in [2.24, 2.45) is 0 Å². The molecule has 2 aromatic heterocycles. The Kier molecular flexibility index (Phi) is 6.10. The van der Waals surface area contributed by atoms with Crippen LogP contribution >= 0.6 is 23.1 Å². The zero-order valence-corrected chi connectivity index (χ0v) is 17.4. The molecule has 10 heteroatoms. The van der Waals surface area contributed by atoms with Gasteiger partial charge in [0.25, 0.3) is 5.56 Å². The molecule has 0 atom stereocenters. The highest BCUT2D eigenvalue weighted by atomic mass is 32.2. The normalized spacial score (nSPS) is 11.1. The van der Waals surface area contributed by atoms with Gasteiger partial charge in [-0.25, -0.2) is 18.2 Å². The van der Waals surface area contributed by atoms with Gasteiger partial charge in [-0.1, -0.05) is 30.0 Å². The van der Waals surface area contributed by atoms with Gasteiger partial charge in [0.2, 0.25) is 5.91 Å². The fraction of sp³-hybridized carbons (Fsp3) is 0.0952. The van der Waals surface area contributed by atoms with Crippen LogP contribution in [0.15, 0.2) is 63.9 Å². The van der Waals surface area contributed by atoms with Crippen LogP contribution in [-0.2, 0) is 11.3 Å². The second-order valence-corrected chi connectivity index (χ2v) is 8.33. The third kappa shape index (κ3) is 4.64. The van der Waals surface area contributed by atoms with Gasteiger partial charge in [-0.3, -0.25) is 14.2 Å². The minimum Gasteiger partial charge on any atom is -0.323 e. The van der Waals surface area contributed by atoms with Crippen LogP contribution in [-0.4, -0.2) is 21.2 Å². The number of aromatic nitrogens is 2. The Balaban J connectivity index is 1.59. The molecule has 0 spiro atoms. The zero-order chi connectivity index (χ0) is 22.0. The Bertz CT molecular complexity index is 1340. The molecule has 0 bridgehead atoms. The van der Waals surface area contributed by atoms with Crippen molar-refractivity contribution < 1.29 is 18.0 Å². The smallest absolute Gasteiger partial charge is 0.272 e. The average Bonchev–Trinajstić information content (AvgIpc) is 3.21. The van der Waals surface area contributed by atoms with Crippen molar-refractivity contribution in [3.8, 4) is 0 Å². The van der Waals surface area contributed by atoms with Crippen LogP contribution < -0.4 is 10.9 Å². The number of nitrogens with zero attached hydrogens (tertiary/aromatic N) is 2. The molecule has 0 fully saturated rings. The van der Waals surface area contributed by atoms with E-state index in [1.165, 1.54) is 22.0 Å². The highest BCUT2D eigenvalue weighted by Gasteiger charge is 2.16. The molecule has 31 heavy (non-hydrogen) atoms. The first-order chi connectivity index (χ1) is 14.9. The number of thiophene rings is 1. The van der Waals surface area contributed by atoms with E-state index in [1.807, 2.05) is 0 Å². The monoisotopic (exact) mass is 461 g/mol. The summed E-state index contributed by atoms with van der Waals surface area (Å²) in [7, 11) is 0. The molecule has 0 aliphatic heterocycles. The summed E-state index contributed by atoms with van der Waals surface area (Å²) in [6, 6.07) is 10.6. The van der Waals surface area contributed by atoms with E-state index in [1.54, 1.807) is 29.6 Å². The van der Waals surface area contributed by atoms with Crippen molar-refractivity contribution >= 4 is 44.9 Å². The Morgan fingerprint density at radius 3 is 2.68 bits per heavy atom. The Hall–Kier alpha value is -3.11. The van der Waals surface area contributed by atoms with E-state index in [4.69, 9.17) is 0 Å². The fourth-order valence-electron chi connectivity index (χ4n) is 2.88. The molecule has 0 saturated carbocycles. The third-order valence-corrected chi connectivity index (χ3v) is 6.22. The Morgan fingerprint density at radius 1 is 1.10 bits per heavy atom. The molecule has 0 unspecified atom stereocenters. The number of rotatable bonds is 6. The van der Waals surface area contributed by atoms with Crippen molar-refractivity contribution in [2.45, 2.75) is 11.7 Å². The van der Waals surface area contributed by atoms with E-state index in [0.717, 1.165) is 23.9 Å². The summed E-state index contributed by atoms with van der Waals surface area (Å²) in [5.74, 6) is -2.85. The lowest BCUT2D eigenvalue weighted by Gasteiger charge is -2.13. The number of anilines is 1. The van der Waals surface area contributed by atoms with Crippen LogP contribution in [0.2, 0.25) is 0 Å². The lowest BCUT2D eigenvalue weighted by atomic mass is 10.2. The number of carbonyl (C=O) groups excluding carboxylic acids is 1. The lowest BCUT2D eigenvalue weighted by Crippen LogP contribution is -2.24. The molecule has 2 heterocycles. The molecule has 1 N–H and O–H groups in total. The molecule has 0 saturated heterocycles. The predicted molar refractivity (Wildman–Crippen MR) is 115 cm³/mol. The molecule has 158 valence electrons. The molecule has 4 rings (SSSR count). The molecule has 0 radical (unpaired) electrons. The van der Waals surface area contributed by atoms with Crippen LogP contribution in [0.3, 0.4) is 0 Å². The highest BCUT2D eigenvalue weighted by molar-refractivity contribution is 7.99. The summed E-state index contributed by atoms with van der Waals surface area (Å²) in [4.78, 5) is 29.7. The van der Waals surface area contributed by atoms with E-state index in [0.29, 0.717) is 21.8 Å². The van der Waals surface area contributed by atoms with Crippen LogP contribution in [0.1, 0.15) is 5.56 Å². The Morgan fingerprint density at radius 2 is 1.90 bits per heavy atom. The maximum Gasteiger partial charge on any atom is 0.272 e. The van der Waals surface area contributed by atoms with Crippen LogP contribution in [0.4, 0.5) is 18.9 Å². The number of thioether (sulfide) groups is 1. The van der Waals surface area contributed by atoms with E-state index < -0.39 is 23.4 Å². The minimum absolute atomic E-state index is 0.0527. The maximum atomic E-state index is 14.1. The second-order valence-electron chi connectivity index (χ2n) is 6.47. The average molecular weight is 461 g/mol. The number of carbonyl (C=O) groups is 1. The van der Waals surface area contributed by atoms with Crippen molar-refractivity contribution in [1.82, 2.24) is 9.55 Å². The number of hydrogen-bond acceptors (Lipinski definition) is 5. The summed E-state index contributed by atoms with van der Waals surface area (Å²) in [6.07, 6.45) is 0. The number of hydrogen-bond donors (Lipinski definition) is 1. The maximum absolute atomic E-state index is 14.1. The van der Waals surface area contributed by atoms with Gasteiger partial charge >= 0.3 is 0 Å². The van der Waals surface area contributed by atoms with Crippen molar-refractivity contribution in [3.63, 3.8) is 0 Å². The zero-order valence-electron chi connectivity index (χ0n) is 15.8. The molecule has 1 amide bonds. The van der Waals surface area contributed by atoms with Crippen LogP contribution in [0.25, 0.3) is 10.2 Å². The fourth-order valence-corrected chi connectivity index (χ4v) is 4.45. The van der Waals surface area contributed by atoms with E-state index in [-0.39, 0.29) is 28.7 Å². The van der Waals surface area contributed by atoms with Crippen molar-refractivity contribution in [3.05, 3.63) is 87.3 Å². The number of amides is 1. The summed E-state index contributed by atoms with van der Waals surface area (Å²) in [6.45, 7) is -0.0527. The minimum atomic E-state index is -0.896. The van der Waals surface area contributed by atoms with Gasteiger partial charge in [-0.05, 0) is 29.6 Å². The number of halogens is 3. The molecule has 0 aliphatic rings. The first kappa shape index (κ1) is 21.1. The van der Waals surface area contributed by atoms with Gasteiger partial charge in [0.15, 0.2) is 5.16 Å². The van der Waals surface area contributed by atoms with Crippen LogP contribution in [0, 0.1) is 17.5 Å². The molecular formula is C21H14F3N3O2S2. The number of nitrogens with one attached hydrogen (secondary N) is 1. The molecule has 5 nitrogen and oxygen atoms in total. The summed E-state index contributed by atoms with van der Waals surface area (Å²) in [5.41, 5.74) is 0.294. The molecule has 4 aromatic rings. The quantitative estimate of drug-likeness (QED) is 0.335. The molecular weight excluding hydrogens is 447 g/mol. The first-order valence-corrected chi connectivity index (χ1v) is 10.9. The highest BCUT2D eigenvalue weighted by Crippen LogP contribution is 2.23. The van der Waals surface area contributed by atoms with Crippen LogP contribution in [0.5, 0.6) is 0 Å². The number of benzene rings is 2. The van der Waals surface area contributed by atoms with Gasteiger partial charge in [-0.2, -0.15) is 0 Å². The lowest BCUT2D eigenvalue weighted by molar-refractivity contribution is -0.113.